The topological polar surface area (TPSA) is 210 Å². The van der Waals surface area contributed by atoms with E-state index < -0.39 is 41.5 Å². The van der Waals surface area contributed by atoms with Crippen molar-refractivity contribution in [3.8, 4) is 0 Å². The van der Waals surface area contributed by atoms with Gasteiger partial charge in [-0.2, -0.15) is 0 Å². The average molecular weight is 675 g/mol. The van der Waals surface area contributed by atoms with Crippen LogP contribution in [0.5, 0.6) is 0 Å². The third-order valence-electron chi connectivity index (χ3n) is 9.27. The number of aliphatic hydroxyl groups is 3. The van der Waals surface area contributed by atoms with E-state index in [4.69, 9.17) is 15.3 Å². The van der Waals surface area contributed by atoms with Gasteiger partial charge in [-0.05, 0) is 51.4 Å². The van der Waals surface area contributed by atoms with E-state index >= 15 is 0 Å². The number of carboxylic acids is 4. The summed E-state index contributed by atoms with van der Waals surface area (Å²) in [5, 5.41) is 69.5. The van der Waals surface area contributed by atoms with Crippen molar-refractivity contribution in [2.75, 3.05) is 0 Å². The Hall–Kier alpha value is -2.24. The number of hydrogen-bond donors (Lipinski definition) is 7. The first-order valence-electron chi connectivity index (χ1n) is 18.4. The minimum atomic E-state index is -1.77. The lowest BCUT2D eigenvalue weighted by Crippen LogP contribution is -2.51. The Morgan fingerprint density at radius 1 is 0.426 bits per heavy atom. The van der Waals surface area contributed by atoms with E-state index in [1.165, 1.54) is 0 Å². The minimum absolute atomic E-state index is 0.111. The fraction of sp³-hybridized carbons (Fsp3) is 0.889. The molecule has 0 spiro atoms. The molecular weight excluding hydrogens is 608 g/mol. The van der Waals surface area contributed by atoms with E-state index in [9.17, 15) is 39.6 Å². The normalized spacial score (nSPS) is 14.7. The highest BCUT2D eigenvalue weighted by atomic mass is 16.4. The second-order valence-corrected chi connectivity index (χ2v) is 13.5. The van der Waals surface area contributed by atoms with Crippen molar-refractivity contribution < 1.29 is 54.9 Å². The fourth-order valence-electron chi connectivity index (χ4n) is 6.36. The van der Waals surface area contributed by atoms with Gasteiger partial charge in [0.05, 0.1) is 18.1 Å². The van der Waals surface area contributed by atoms with Crippen LogP contribution in [-0.2, 0) is 19.2 Å². The molecule has 11 heteroatoms. The molecule has 11 nitrogen and oxygen atoms in total. The number of aliphatic hydroxyl groups excluding tert-OH is 2. The maximum absolute atomic E-state index is 12.4. The minimum Gasteiger partial charge on any atom is -0.481 e. The summed E-state index contributed by atoms with van der Waals surface area (Å²) >= 11 is 0. The van der Waals surface area contributed by atoms with Crippen LogP contribution in [0.3, 0.4) is 0 Å². The van der Waals surface area contributed by atoms with E-state index in [-0.39, 0.29) is 44.6 Å². The van der Waals surface area contributed by atoms with Crippen LogP contribution in [0, 0.1) is 5.92 Å². The van der Waals surface area contributed by atoms with E-state index in [1.807, 2.05) is 0 Å². The SMILES string of the molecule is O=C(O)CCCCCCCC(O)CCCCCCCC(C(=O)O)C(O)(CCCCCCCC(=O)O)C(O)CCCCCCCC(=O)O. The zero-order chi connectivity index (χ0) is 35.3. The number of aliphatic carboxylic acids is 4. The maximum atomic E-state index is 12.4. The molecule has 0 rings (SSSR count). The molecule has 0 aliphatic rings. The molecule has 7 N–H and O–H groups in total. The first-order chi connectivity index (χ1) is 22.4. The molecular formula is C36H66O11. The Morgan fingerprint density at radius 2 is 0.745 bits per heavy atom. The molecule has 0 aromatic heterocycles. The van der Waals surface area contributed by atoms with Crippen LogP contribution >= 0.6 is 0 Å². The lowest BCUT2D eigenvalue weighted by molar-refractivity contribution is -0.168. The predicted molar refractivity (Wildman–Crippen MR) is 180 cm³/mol. The smallest absolute Gasteiger partial charge is 0.309 e. The number of carbonyl (C=O) groups is 4. The summed E-state index contributed by atoms with van der Waals surface area (Å²) in [6.07, 6.45) is 16.5. The summed E-state index contributed by atoms with van der Waals surface area (Å²) in [6.45, 7) is 0. The molecule has 0 radical (unpaired) electrons. The molecule has 0 aromatic carbocycles. The van der Waals surface area contributed by atoms with Gasteiger partial charge in [-0.25, -0.2) is 0 Å². The summed E-state index contributed by atoms with van der Waals surface area (Å²) in [5.74, 6) is -4.64. The van der Waals surface area contributed by atoms with Crippen molar-refractivity contribution in [1.29, 1.82) is 0 Å². The highest BCUT2D eigenvalue weighted by Gasteiger charge is 2.45. The van der Waals surface area contributed by atoms with Gasteiger partial charge >= 0.3 is 23.9 Å². The molecule has 0 saturated heterocycles. The molecule has 276 valence electrons. The van der Waals surface area contributed by atoms with Crippen molar-refractivity contribution in [3.63, 3.8) is 0 Å². The summed E-state index contributed by atoms with van der Waals surface area (Å²) < 4.78 is 0. The second kappa shape index (κ2) is 28.7. The molecule has 0 aromatic rings. The van der Waals surface area contributed by atoms with Crippen LogP contribution in [0.2, 0.25) is 0 Å². The molecule has 4 unspecified atom stereocenters. The van der Waals surface area contributed by atoms with Crippen molar-refractivity contribution in [2.24, 2.45) is 5.92 Å². The summed E-state index contributed by atoms with van der Waals surface area (Å²) in [7, 11) is 0. The van der Waals surface area contributed by atoms with Crippen LogP contribution < -0.4 is 0 Å². The van der Waals surface area contributed by atoms with Crippen LogP contribution in [0.1, 0.15) is 180 Å². The molecule has 0 aliphatic heterocycles. The van der Waals surface area contributed by atoms with Gasteiger partial charge in [0.1, 0.15) is 5.60 Å². The Bertz CT molecular complexity index is 834. The first-order valence-corrected chi connectivity index (χ1v) is 18.4. The van der Waals surface area contributed by atoms with Crippen LogP contribution in [0.25, 0.3) is 0 Å². The number of unbranched alkanes of at least 4 members (excludes halogenated alkanes) is 16. The van der Waals surface area contributed by atoms with Crippen molar-refractivity contribution in [3.05, 3.63) is 0 Å². The van der Waals surface area contributed by atoms with Gasteiger partial charge in [0, 0.05) is 19.3 Å². The summed E-state index contributed by atoms with van der Waals surface area (Å²) in [6, 6.07) is 0. The molecule has 0 fully saturated rings. The zero-order valence-corrected chi connectivity index (χ0v) is 28.8. The molecule has 4 atom stereocenters. The standard InChI is InChI=1S/C36H66O11/c37-29(22-14-6-2-9-17-25-32(39)40)21-13-5-1-7-15-23-30(35(45)46)36(47,28-20-12-4-11-19-27-34(43)44)31(38)24-16-8-3-10-18-26-33(41)42/h29-31,37-38,47H,1-28H2,(H,39,40)(H,41,42)(H,43,44)(H,45,46). The van der Waals surface area contributed by atoms with E-state index in [0.29, 0.717) is 44.9 Å². The monoisotopic (exact) mass is 674 g/mol. The third kappa shape index (κ3) is 25.4. The quantitative estimate of drug-likeness (QED) is 0.0331. The molecule has 47 heavy (non-hydrogen) atoms. The Morgan fingerprint density at radius 3 is 1.13 bits per heavy atom. The van der Waals surface area contributed by atoms with Gasteiger partial charge in [0.25, 0.3) is 0 Å². The second-order valence-electron chi connectivity index (χ2n) is 13.5. The van der Waals surface area contributed by atoms with Crippen LogP contribution in [0.4, 0.5) is 0 Å². The molecule has 0 heterocycles. The Kier molecular flexibility index (Phi) is 27.4. The van der Waals surface area contributed by atoms with Crippen molar-refractivity contribution >= 4 is 23.9 Å². The predicted octanol–water partition coefficient (Wildman–Crippen LogP) is 7.32. The lowest BCUT2D eigenvalue weighted by Gasteiger charge is -2.38. The van der Waals surface area contributed by atoms with Gasteiger partial charge in [-0.3, -0.25) is 19.2 Å². The molecule has 0 bridgehead atoms. The molecule has 0 saturated carbocycles. The van der Waals surface area contributed by atoms with Gasteiger partial charge < -0.3 is 35.7 Å². The van der Waals surface area contributed by atoms with Crippen molar-refractivity contribution in [2.45, 2.75) is 198 Å². The highest BCUT2D eigenvalue weighted by Crippen LogP contribution is 2.35. The van der Waals surface area contributed by atoms with E-state index in [0.717, 1.165) is 96.3 Å². The largest absolute Gasteiger partial charge is 0.481 e. The lowest BCUT2D eigenvalue weighted by atomic mass is 9.74. The Labute approximate surface area is 282 Å². The first kappa shape index (κ1) is 44.8. The third-order valence-corrected chi connectivity index (χ3v) is 9.27. The van der Waals surface area contributed by atoms with Crippen LogP contribution in [0.15, 0.2) is 0 Å². The van der Waals surface area contributed by atoms with Gasteiger partial charge in [0.15, 0.2) is 0 Å². The van der Waals surface area contributed by atoms with E-state index in [1.54, 1.807) is 0 Å². The number of carboxylic acid groups (broad SMARTS) is 4. The fourth-order valence-corrected chi connectivity index (χ4v) is 6.36. The van der Waals surface area contributed by atoms with Crippen LogP contribution in [-0.4, -0.2) is 77.4 Å². The summed E-state index contributed by atoms with van der Waals surface area (Å²) in [4.78, 5) is 44.3. The highest BCUT2D eigenvalue weighted by molar-refractivity contribution is 5.71. The average Bonchev–Trinajstić information content (AvgIpc) is 3.00. The Balaban J connectivity index is 4.67. The van der Waals surface area contributed by atoms with E-state index in [2.05, 4.69) is 0 Å². The number of hydrogen-bond acceptors (Lipinski definition) is 7. The molecule has 0 amide bonds. The zero-order valence-electron chi connectivity index (χ0n) is 28.8. The van der Waals surface area contributed by atoms with Crippen molar-refractivity contribution in [1.82, 2.24) is 0 Å². The number of rotatable bonds is 35. The maximum Gasteiger partial charge on any atom is 0.309 e. The van der Waals surface area contributed by atoms with Gasteiger partial charge in [0.2, 0.25) is 0 Å². The van der Waals surface area contributed by atoms with Gasteiger partial charge in [-0.1, -0.05) is 109 Å². The summed E-state index contributed by atoms with van der Waals surface area (Å²) in [5.41, 5.74) is -1.77. The van der Waals surface area contributed by atoms with Gasteiger partial charge in [-0.15, -0.1) is 0 Å². The molecule has 0 aliphatic carbocycles.